The highest BCUT2D eigenvalue weighted by atomic mass is 16.3. The van der Waals surface area contributed by atoms with Crippen molar-refractivity contribution in [2.24, 2.45) is 11.8 Å². The Labute approximate surface area is 85.1 Å². The fourth-order valence-corrected chi connectivity index (χ4v) is 2.13. The normalized spacial score (nSPS) is 28.2. The summed E-state index contributed by atoms with van der Waals surface area (Å²) in [7, 11) is 0. The molecule has 1 unspecified atom stereocenters. The molecule has 1 heterocycles. The molecule has 2 rings (SSSR count). The maximum absolute atomic E-state index is 11.7. The summed E-state index contributed by atoms with van der Waals surface area (Å²) in [5.41, 5.74) is -0.640. The summed E-state index contributed by atoms with van der Waals surface area (Å²) in [4.78, 5) is 13.7. The number of rotatable bonds is 2. The Morgan fingerprint density at radius 3 is 2.43 bits per heavy atom. The molecule has 1 amide bonds. The second-order valence-electron chi connectivity index (χ2n) is 5.20. The first-order valence-corrected chi connectivity index (χ1v) is 5.49. The van der Waals surface area contributed by atoms with Crippen molar-refractivity contribution in [1.29, 1.82) is 0 Å². The van der Waals surface area contributed by atoms with E-state index in [1.54, 1.807) is 0 Å². The molecule has 1 aliphatic heterocycles. The zero-order chi connectivity index (χ0) is 10.3. The van der Waals surface area contributed by atoms with Crippen LogP contribution < -0.4 is 0 Å². The van der Waals surface area contributed by atoms with Gasteiger partial charge >= 0.3 is 0 Å². The predicted molar refractivity (Wildman–Crippen MR) is 53.7 cm³/mol. The van der Waals surface area contributed by atoms with Crippen molar-refractivity contribution in [1.82, 2.24) is 4.90 Å². The highest BCUT2D eigenvalue weighted by molar-refractivity contribution is 5.81. The summed E-state index contributed by atoms with van der Waals surface area (Å²) in [6.45, 7) is 5.26. The number of carbonyl (C=O) groups is 1. The van der Waals surface area contributed by atoms with Crippen LogP contribution in [0.25, 0.3) is 0 Å². The first-order valence-electron chi connectivity index (χ1n) is 5.49. The molecule has 3 heteroatoms. The largest absolute Gasteiger partial charge is 0.390 e. The van der Waals surface area contributed by atoms with Crippen LogP contribution in [0.4, 0.5) is 0 Å². The van der Waals surface area contributed by atoms with Gasteiger partial charge in [-0.3, -0.25) is 4.79 Å². The van der Waals surface area contributed by atoms with Crippen LogP contribution in [0, 0.1) is 11.8 Å². The zero-order valence-electron chi connectivity index (χ0n) is 8.99. The second-order valence-corrected chi connectivity index (χ2v) is 5.20. The third-order valence-electron chi connectivity index (χ3n) is 3.43. The molecular weight excluding hydrogens is 178 g/mol. The molecule has 0 aromatic carbocycles. The van der Waals surface area contributed by atoms with E-state index in [0.29, 0.717) is 11.8 Å². The highest BCUT2D eigenvalue weighted by Gasteiger charge is 2.40. The van der Waals surface area contributed by atoms with Gasteiger partial charge in [-0.25, -0.2) is 0 Å². The SMILES string of the molecule is CC(C)(O)C1CCN(C(=O)C2CC2)C1. The van der Waals surface area contributed by atoms with E-state index in [1.165, 1.54) is 0 Å². The monoisotopic (exact) mass is 197 g/mol. The van der Waals surface area contributed by atoms with Gasteiger partial charge in [-0.15, -0.1) is 0 Å². The molecule has 3 nitrogen and oxygen atoms in total. The van der Waals surface area contributed by atoms with Gasteiger partial charge in [0.1, 0.15) is 0 Å². The summed E-state index contributed by atoms with van der Waals surface area (Å²) in [5.74, 6) is 0.887. The van der Waals surface area contributed by atoms with E-state index in [4.69, 9.17) is 0 Å². The summed E-state index contributed by atoms with van der Waals surface area (Å²) >= 11 is 0. The van der Waals surface area contributed by atoms with Gasteiger partial charge in [-0.2, -0.15) is 0 Å². The quantitative estimate of drug-likeness (QED) is 0.718. The Morgan fingerprint density at radius 1 is 1.36 bits per heavy atom. The molecule has 1 N–H and O–H groups in total. The Hall–Kier alpha value is -0.570. The van der Waals surface area contributed by atoms with Crippen LogP contribution in [0.1, 0.15) is 33.1 Å². The number of likely N-dealkylation sites (tertiary alicyclic amines) is 1. The smallest absolute Gasteiger partial charge is 0.225 e. The van der Waals surface area contributed by atoms with Gasteiger partial charge in [0.05, 0.1) is 5.60 Å². The predicted octanol–water partition coefficient (Wildman–Crippen LogP) is 1.02. The van der Waals surface area contributed by atoms with E-state index in [-0.39, 0.29) is 5.92 Å². The third-order valence-corrected chi connectivity index (χ3v) is 3.43. The fraction of sp³-hybridized carbons (Fsp3) is 0.909. The van der Waals surface area contributed by atoms with E-state index in [1.807, 2.05) is 18.7 Å². The van der Waals surface area contributed by atoms with Gasteiger partial charge in [0.25, 0.3) is 0 Å². The van der Waals surface area contributed by atoms with Crippen LogP contribution in [0.2, 0.25) is 0 Å². The van der Waals surface area contributed by atoms with Crippen LogP contribution in [-0.2, 0) is 4.79 Å². The lowest BCUT2D eigenvalue weighted by atomic mass is 9.90. The first kappa shape index (κ1) is 9.97. The lowest BCUT2D eigenvalue weighted by molar-refractivity contribution is -0.131. The number of nitrogens with zero attached hydrogens (tertiary/aromatic N) is 1. The van der Waals surface area contributed by atoms with Gasteiger partial charge in [0.2, 0.25) is 5.91 Å². The molecule has 0 radical (unpaired) electrons. The average molecular weight is 197 g/mol. The molecule has 1 saturated heterocycles. The van der Waals surface area contributed by atoms with Crippen molar-refractivity contribution in [3.63, 3.8) is 0 Å². The lowest BCUT2D eigenvalue weighted by Gasteiger charge is -2.25. The number of amides is 1. The van der Waals surface area contributed by atoms with Crippen LogP contribution in [-0.4, -0.2) is 34.6 Å². The molecule has 1 aliphatic carbocycles. The van der Waals surface area contributed by atoms with Crippen LogP contribution in [0.15, 0.2) is 0 Å². The minimum Gasteiger partial charge on any atom is -0.390 e. The molecule has 0 spiro atoms. The van der Waals surface area contributed by atoms with E-state index in [0.717, 1.165) is 32.4 Å². The van der Waals surface area contributed by atoms with Crippen LogP contribution in [0.5, 0.6) is 0 Å². The molecule has 1 saturated carbocycles. The van der Waals surface area contributed by atoms with Crippen LogP contribution >= 0.6 is 0 Å². The summed E-state index contributed by atoms with van der Waals surface area (Å²) in [6, 6.07) is 0. The molecule has 80 valence electrons. The van der Waals surface area contributed by atoms with Gasteiger partial charge in [-0.1, -0.05) is 0 Å². The maximum Gasteiger partial charge on any atom is 0.225 e. The number of hydrogen-bond acceptors (Lipinski definition) is 2. The molecule has 0 aromatic rings. The van der Waals surface area contributed by atoms with Crippen molar-refractivity contribution >= 4 is 5.91 Å². The Balaban J connectivity index is 1.91. The molecule has 2 fully saturated rings. The fourth-order valence-electron chi connectivity index (χ4n) is 2.13. The molecule has 0 aromatic heterocycles. The highest BCUT2D eigenvalue weighted by Crippen LogP contribution is 2.34. The van der Waals surface area contributed by atoms with E-state index < -0.39 is 5.60 Å². The van der Waals surface area contributed by atoms with Crippen molar-refractivity contribution in [2.75, 3.05) is 13.1 Å². The maximum atomic E-state index is 11.7. The first-order chi connectivity index (χ1) is 6.48. The van der Waals surface area contributed by atoms with Crippen LogP contribution in [0.3, 0.4) is 0 Å². The van der Waals surface area contributed by atoms with Crippen molar-refractivity contribution in [3.05, 3.63) is 0 Å². The average Bonchev–Trinajstić information content (AvgIpc) is 2.79. The zero-order valence-corrected chi connectivity index (χ0v) is 8.99. The van der Waals surface area contributed by atoms with E-state index >= 15 is 0 Å². The molecule has 0 bridgehead atoms. The minimum absolute atomic E-state index is 0.255. The number of hydrogen-bond donors (Lipinski definition) is 1. The van der Waals surface area contributed by atoms with E-state index in [9.17, 15) is 9.90 Å². The topological polar surface area (TPSA) is 40.5 Å². The van der Waals surface area contributed by atoms with Gasteiger partial charge in [0, 0.05) is 24.9 Å². The number of aliphatic hydroxyl groups is 1. The number of carbonyl (C=O) groups excluding carboxylic acids is 1. The van der Waals surface area contributed by atoms with Gasteiger partial charge < -0.3 is 10.0 Å². The van der Waals surface area contributed by atoms with Crippen molar-refractivity contribution < 1.29 is 9.90 Å². The molecule has 2 aliphatic rings. The van der Waals surface area contributed by atoms with Crippen molar-refractivity contribution in [2.45, 2.75) is 38.7 Å². The molecule has 14 heavy (non-hydrogen) atoms. The summed E-state index contributed by atoms with van der Waals surface area (Å²) in [5, 5.41) is 9.83. The van der Waals surface area contributed by atoms with Crippen molar-refractivity contribution in [3.8, 4) is 0 Å². The molecule has 1 atom stereocenters. The Bertz CT molecular complexity index is 240. The lowest BCUT2D eigenvalue weighted by Crippen LogP contribution is -2.35. The van der Waals surface area contributed by atoms with Gasteiger partial charge in [-0.05, 0) is 33.1 Å². The molecular formula is C11H19NO2. The van der Waals surface area contributed by atoms with E-state index in [2.05, 4.69) is 0 Å². The summed E-state index contributed by atoms with van der Waals surface area (Å²) in [6.07, 6.45) is 3.09. The third kappa shape index (κ3) is 1.92. The Kier molecular flexibility index (Phi) is 2.30. The minimum atomic E-state index is -0.640. The Morgan fingerprint density at radius 2 is 2.00 bits per heavy atom. The standard InChI is InChI=1S/C11H19NO2/c1-11(2,14)9-5-6-12(7-9)10(13)8-3-4-8/h8-9,14H,3-7H2,1-2H3. The second kappa shape index (κ2) is 3.23. The summed E-state index contributed by atoms with van der Waals surface area (Å²) < 4.78 is 0. The van der Waals surface area contributed by atoms with Gasteiger partial charge in [0.15, 0.2) is 0 Å².